The van der Waals surface area contributed by atoms with Crippen molar-refractivity contribution in [2.45, 2.75) is 19.1 Å². The minimum Gasteiger partial charge on any atom is -0.356 e. The number of rotatable bonds is 5. The standard InChI is InChI=1S/C17H23Cl2F3N4.HI/c1-23-16(25(2)9-12-3-4-14(18)15(19)7-12)24-8-13-5-6-26(10-13)11-17(20,21)22;/h3-4,7,13H,5-6,8-11H2,1-2H3,(H,23,24);1H. The Bertz CT molecular complexity index is 643. The van der Waals surface area contributed by atoms with Crippen molar-refractivity contribution in [3.05, 3.63) is 33.8 Å². The first-order valence-electron chi connectivity index (χ1n) is 8.32. The Kier molecular flexibility index (Phi) is 9.95. The van der Waals surface area contributed by atoms with Gasteiger partial charge in [-0.3, -0.25) is 9.89 Å². The Morgan fingerprint density at radius 3 is 2.63 bits per heavy atom. The van der Waals surface area contributed by atoms with Gasteiger partial charge in [0.25, 0.3) is 0 Å². The van der Waals surface area contributed by atoms with E-state index in [0.29, 0.717) is 42.2 Å². The number of halogens is 6. The molecule has 1 fully saturated rings. The number of hydrogen-bond donors (Lipinski definition) is 1. The average Bonchev–Trinajstić information content (AvgIpc) is 2.97. The minimum absolute atomic E-state index is 0. The fourth-order valence-electron chi connectivity index (χ4n) is 3.08. The minimum atomic E-state index is -4.14. The van der Waals surface area contributed by atoms with Crippen LogP contribution in [0.3, 0.4) is 0 Å². The topological polar surface area (TPSA) is 30.9 Å². The van der Waals surface area contributed by atoms with E-state index in [1.807, 2.05) is 18.0 Å². The Balaban J connectivity index is 0.00000364. The lowest BCUT2D eigenvalue weighted by Gasteiger charge is -2.24. The number of benzene rings is 1. The molecule has 0 aliphatic carbocycles. The summed E-state index contributed by atoms with van der Waals surface area (Å²) in [6.07, 6.45) is -3.39. The van der Waals surface area contributed by atoms with Crippen LogP contribution in [0, 0.1) is 5.92 Å². The van der Waals surface area contributed by atoms with Gasteiger partial charge in [-0.05, 0) is 36.6 Å². The van der Waals surface area contributed by atoms with Crippen LogP contribution in [0.1, 0.15) is 12.0 Å². The van der Waals surface area contributed by atoms with Crippen LogP contribution in [0.15, 0.2) is 23.2 Å². The zero-order valence-electron chi connectivity index (χ0n) is 15.2. The zero-order valence-corrected chi connectivity index (χ0v) is 19.0. The molecule has 0 radical (unpaired) electrons. The maximum Gasteiger partial charge on any atom is 0.401 e. The number of hydrogen-bond acceptors (Lipinski definition) is 2. The van der Waals surface area contributed by atoms with Crippen molar-refractivity contribution in [1.82, 2.24) is 15.1 Å². The molecule has 1 N–H and O–H groups in total. The van der Waals surface area contributed by atoms with Gasteiger partial charge in [0.15, 0.2) is 5.96 Å². The summed E-state index contributed by atoms with van der Waals surface area (Å²) >= 11 is 12.0. The van der Waals surface area contributed by atoms with E-state index in [1.54, 1.807) is 19.2 Å². The highest BCUT2D eigenvalue weighted by Gasteiger charge is 2.34. The van der Waals surface area contributed by atoms with Crippen LogP contribution in [0.5, 0.6) is 0 Å². The van der Waals surface area contributed by atoms with Crippen molar-refractivity contribution >= 4 is 53.1 Å². The summed E-state index contributed by atoms with van der Waals surface area (Å²) in [7, 11) is 3.57. The number of alkyl halides is 3. The van der Waals surface area contributed by atoms with Gasteiger partial charge in [0.05, 0.1) is 16.6 Å². The van der Waals surface area contributed by atoms with Gasteiger partial charge in [0.2, 0.25) is 0 Å². The highest BCUT2D eigenvalue weighted by molar-refractivity contribution is 14.0. The Labute approximate surface area is 185 Å². The lowest BCUT2D eigenvalue weighted by molar-refractivity contribution is -0.143. The fourth-order valence-corrected chi connectivity index (χ4v) is 3.40. The van der Waals surface area contributed by atoms with Crippen molar-refractivity contribution in [3.63, 3.8) is 0 Å². The Morgan fingerprint density at radius 1 is 1.33 bits per heavy atom. The quantitative estimate of drug-likeness (QED) is 0.340. The molecule has 1 atom stereocenters. The van der Waals surface area contributed by atoms with E-state index in [2.05, 4.69) is 10.3 Å². The third-order valence-electron chi connectivity index (χ3n) is 4.30. The van der Waals surface area contributed by atoms with Crippen LogP contribution >= 0.6 is 47.2 Å². The number of nitrogens with zero attached hydrogens (tertiary/aromatic N) is 3. The molecule has 27 heavy (non-hydrogen) atoms. The Morgan fingerprint density at radius 2 is 2.04 bits per heavy atom. The van der Waals surface area contributed by atoms with Crippen molar-refractivity contribution in [3.8, 4) is 0 Å². The van der Waals surface area contributed by atoms with E-state index in [-0.39, 0.29) is 29.9 Å². The predicted octanol–water partition coefficient (Wildman–Crippen LogP) is 4.50. The molecule has 0 saturated carbocycles. The summed E-state index contributed by atoms with van der Waals surface area (Å²) in [6.45, 7) is 1.26. The fraction of sp³-hybridized carbons (Fsp3) is 0.588. The van der Waals surface area contributed by atoms with Crippen LogP contribution in [0.4, 0.5) is 13.2 Å². The lowest BCUT2D eigenvalue weighted by Crippen LogP contribution is -2.41. The molecule has 4 nitrogen and oxygen atoms in total. The molecule has 10 heteroatoms. The van der Waals surface area contributed by atoms with Crippen LogP contribution in [0.2, 0.25) is 10.0 Å². The highest BCUT2D eigenvalue weighted by Crippen LogP contribution is 2.24. The third kappa shape index (κ3) is 8.21. The molecule has 1 aromatic rings. The maximum absolute atomic E-state index is 12.5. The maximum atomic E-state index is 12.5. The van der Waals surface area contributed by atoms with Gasteiger partial charge in [-0.1, -0.05) is 29.3 Å². The van der Waals surface area contributed by atoms with Crippen molar-refractivity contribution in [2.75, 3.05) is 40.3 Å². The lowest BCUT2D eigenvalue weighted by atomic mass is 10.1. The average molecular weight is 539 g/mol. The summed E-state index contributed by atoms with van der Waals surface area (Å²) in [5.41, 5.74) is 0.988. The third-order valence-corrected chi connectivity index (χ3v) is 5.04. The van der Waals surface area contributed by atoms with E-state index < -0.39 is 12.7 Å². The molecule has 0 aromatic heterocycles. The molecule has 2 rings (SSSR count). The smallest absolute Gasteiger partial charge is 0.356 e. The number of likely N-dealkylation sites (tertiary alicyclic amines) is 1. The van der Waals surface area contributed by atoms with Gasteiger partial charge in [-0.25, -0.2) is 0 Å². The van der Waals surface area contributed by atoms with Gasteiger partial charge in [-0.2, -0.15) is 13.2 Å². The summed E-state index contributed by atoms with van der Waals surface area (Å²) < 4.78 is 37.4. The molecular weight excluding hydrogens is 515 g/mol. The second-order valence-corrected chi connectivity index (χ2v) is 7.35. The molecule has 0 spiro atoms. The zero-order chi connectivity index (χ0) is 19.3. The van der Waals surface area contributed by atoms with Crippen LogP contribution in [-0.4, -0.2) is 62.2 Å². The van der Waals surface area contributed by atoms with Crippen LogP contribution in [0.25, 0.3) is 0 Å². The highest BCUT2D eigenvalue weighted by atomic mass is 127. The first kappa shape index (κ1) is 24.6. The summed E-state index contributed by atoms with van der Waals surface area (Å²) in [5, 5.41) is 4.25. The molecule has 1 aliphatic rings. The summed E-state index contributed by atoms with van der Waals surface area (Å²) in [5.74, 6) is 0.859. The Hall–Kier alpha value is -0.450. The van der Waals surface area contributed by atoms with Gasteiger partial charge >= 0.3 is 6.18 Å². The SMILES string of the molecule is CN=C(NCC1CCN(CC(F)(F)F)C1)N(C)Cc1ccc(Cl)c(Cl)c1.I. The second-order valence-electron chi connectivity index (χ2n) is 6.54. The molecule has 1 heterocycles. The molecule has 1 unspecified atom stereocenters. The first-order valence-corrected chi connectivity index (χ1v) is 9.08. The first-order chi connectivity index (χ1) is 12.2. The van der Waals surface area contributed by atoms with E-state index in [1.165, 1.54) is 4.90 Å². The van der Waals surface area contributed by atoms with Gasteiger partial charge in [-0.15, -0.1) is 24.0 Å². The van der Waals surface area contributed by atoms with E-state index in [4.69, 9.17) is 23.2 Å². The van der Waals surface area contributed by atoms with Crippen LogP contribution < -0.4 is 5.32 Å². The second kappa shape index (κ2) is 10.9. The van der Waals surface area contributed by atoms with E-state index in [9.17, 15) is 13.2 Å². The normalized spacial score (nSPS) is 18.3. The molecule has 1 saturated heterocycles. The predicted molar refractivity (Wildman–Crippen MR) is 115 cm³/mol. The van der Waals surface area contributed by atoms with Crippen molar-refractivity contribution < 1.29 is 13.2 Å². The number of aliphatic imine (C=N–C) groups is 1. The molecule has 1 aliphatic heterocycles. The van der Waals surface area contributed by atoms with Gasteiger partial charge < -0.3 is 10.2 Å². The molecule has 154 valence electrons. The van der Waals surface area contributed by atoms with Crippen LogP contribution in [-0.2, 0) is 6.54 Å². The van der Waals surface area contributed by atoms with Crippen molar-refractivity contribution in [2.24, 2.45) is 10.9 Å². The van der Waals surface area contributed by atoms with Crippen molar-refractivity contribution in [1.29, 1.82) is 0 Å². The monoisotopic (exact) mass is 538 g/mol. The van der Waals surface area contributed by atoms with Gasteiger partial charge in [0, 0.05) is 33.7 Å². The number of guanidine groups is 1. The molecule has 1 aromatic carbocycles. The molecule has 0 bridgehead atoms. The van der Waals surface area contributed by atoms with E-state index >= 15 is 0 Å². The number of nitrogens with one attached hydrogen (secondary N) is 1. The van der Waals surface area contributed by atoms with Gasteiger partial charge in [0.1, 0.15) is 0 Å². The molecule has 0 amide bonds. The van der Waals surface area contributed by atoms with E-state index in [0.717, 1.165) is 12.0 Å². The largest absolute Gasteiger partial charge is 0.401 e. The summed E-state index contributed by atoms with van der Waals surface area (Å²) in [4.78, 5) is 7.63. The molecular formula is C17H24Cl2F3IN4. The summed E-state index contributed by atoms with van der Waals surface area (Å²) in [6, 6.07) is 5.45.